The zero-order valence-electron chi connectivity index (χ0n) is 9.03. The molecule has 0 saturated carbocycles. The Morgan fingerprint density at radius 1 is 1.50 bits per heavy atom. The molecule has 0 aliphatic carbocycles. The van der Waals surface area contributed by atoms with Crippen molar-refractivity contribution in [3.63, 3.8) is 0 Å². The lowest BCUT2D eigenvalue weighted by Crippen LogP contribution is -2.12. The van der Waals surface area contributed by atoms with Crippen molar-refractivity contribution in [3.05, 3.63) is 29.6 Å². The molecule has 78 valence electrons. The highest BCUT2D eigenvalue weighted by atomic mass is 16.3. The van der Waals surface area contributed by atoms with Gasteiger partial charge in [0.2, 0.25) is 0 Å². The first kappa shape index (κ1) is 11.2. The normalized spacial score (nSPS) is 12.8. The van der Waals surface area contributed by atoms with Gasteiger partial charge in [0.05, 0.1) is 6.10 Å². The van der Waals surface area contributed by atoms with Crippen LogP contribution in [0, 0.1) is 6.92 Å². The van der Waals surface area contributed by atoms with Crippen LogP contribution in [0.1, 0.15) is 37.4 Å². The van der Waals surface area contributed by atoms with E-state index in [4.69, 9.17) is 0 Å². The summed E-state index contributed by atoms with van der Waals surface area (Å²) in [6, 6.07) is 3.96. The average Bonchev–Trinajstić information content (AvgIpc) is 2.18. The molecule has 0 amide bonds. The Hall–Kier alpha value is -0.890. The number of aromatic nitrogens is 1. The van der Waals surface area contributed by atoms with E-state index < -0.39 is 0 Å². The molecule has 14 heavy (non-hydrogen) atoms. The lowest BCUT2D eigenvalue weighted by Gasteiger charge is -2.10. The minimum Gasteiger partial charge on any atom is -0.393 e. The third-order valence-electron chi connectivity index (χ3n) is 2.44. The van der Waals surface area contributed by atoms with Gasteiger partial charge in [-0.25, -0.2) is 0 Å². The van der Waals surface area contributed by atoms with Gasteiger partial charge in [0.1, 0.15) is 0 Å². The summed E-state index contributed by atoms with van der Waals surface area (Å²) < 4.78 is 0. The van der Waals surface area contributed by atoms with Crippen LogP contribution in [0.15, 0.2) is 18.3 Å². The number of hydrogen-bond donors (Lipinski definition) is 1. The monoisotopic (exact) mass is 193 g/mol. The van der Waals surface area contributed by atoms with Crippen molar-refractivity contribution >= 4 is 0 Å². The van der Waals surface area contributed by atoms with Crippen molar-refractivity contribution < 1.29 is 5.11 Å². The highest BCUT2D eigenvalue weighted by Gasteiger charge is 2.07. The first-order valence-electron chi connectivity index (χ1n) is 5.32. The quantitative estimate of drug-likeness (QED) is 0.779. The van der Waals surface area contributed by atoms with E-state index in [9.17, 15) is 5.11 Å². The van der Waals surface area contributed by atoms with Crippen LogP contribution in [0.2, 0.25) is 0 Å². The van der Waals surface area contributed by atoms with E-state index in [1.165, 1.54) is 5.56 Å². The van der Waals surface area contributed by atoms with Gasteiger partial charge < -0.3 is 5.11 Å². The smallest absolute Gasteiger partial charge is 0.0595 e. The van der Waals surface area contributed by atoms with Crippen LogP contribution in [0.4, 0.5) is 0 Å². The molecule has 0 aromatic carbocycles. The standard InChI is InChI=1S/C12H19NO/c1-3-4-7-11(14)9-12-10(2)6-5-8-13-12/h5-6,8,11,14H,3-4,7,9H2,1-2H3. The third kappa shape index (κ3) is 3.46. The molecule has 1 unspecified atom stereocenters. The number of aryl methyl sites for hydroxylation is 1. The molecule has 1 atom stereocenters. The Kier molecular flexibility index (Phi) is 4.60. The van der Waals surface area contributed by atoms with E-state index in [1.54, 1.807) is 6.20 Å². The predicted molar refractivity (Wildman–Crippen MR) is 58.2 cm³/mol. The second kappa shape index (κ2) is 5.76. The van der Waals surface area contributed by atoms with Gasteiger partial charge in [0, 0.05) is 18.3 Å². The summed E-state index contributed by atoms with van der Waals surface area (Å²) in [4.78, 5) is 4.27. The molecule has 1 heterocycles. The SMILES string of the molecule is CCCCC(O)Cc1ncccc1C. The first-order valence-corrected chi connectivity index (χ1v) is 5.32. The van der Waals surface area contributed by atoms with Crippen molar-refractivity contribution in [2.45, 2.75) is 45.6 Å². The molecule has 2 nitrogen and oxygen atoms in total. The molecule has 2 heteroatoms. The van der Waals surface area contributed by atoms with E-state index in [2.05, 4.69) is 11.9 Å². The third-order valence-corrected chi connectivity index (χ3v) is 2.44. The van der Waals surface area contributed by atoms with Gasteiger partial charge in [0.15, 0.2) is 0 Å². The van der Waals surface area contributed by atoms with Gasteiger partial charge in [-0.3, -0.25) is 4.98 Å². The summed E-state index contributed by atoms with van der Waals surface area (Å²) in [5.41, 5.74) is 2.19. The van der Waals surface area contributed by atoms with Crippen LogP contribution >= 0.6 is 0 Å². The Morgan fingerprint density at radius 2 is 2.29 bits per heavy atom. The van der Waals surface area contributed by atoms with Crippen LogP contribution < -0.4 is 0 Å². The zero-order chi connectivity index (χ0) is 10.4. The molecule has 0 radical (unpaired) electrons. The largest absolute Gasteiger partial charge is 0.393 e. The van der Waals surface area contributed by atoms with Gasteiger partial charge >= 0.3 is 0 Å². The topological polar surface area (TPSA) is 33.1 Å². The molecule has 1 N–H and O–H groups in total. The maximum Gasteiger partial charge on any atom is 0.0595 e. The van der Waals surface area contributed by atoms with Gasteiger partial charge in [-0.1, -0.05) is 25.8 Å². The van der Waals surface area contributed by atoms with Crippen LogP contribution in [0.5, 0.6) is 0 Å². The van der Waals surface area contributed by atoms with Gasteiger partial charge in [-0.15, -0.1) is 0 Å². The van der Waals surface area contributed by atoms with Crippen LogP contribution in [-0.4, -0.2) is 16.2 Å². The molecule has 0 bridgehead atoms. The van der Waals surface area contributed by atoms with E-state index in [1.807, 2.05) is 19.1 Å². The average molecular weight is 193 g/mol. The summed E-state index contributed by atoms with van der Waals surface area (Å²) in [7, 11) is 0. The molecule has 1 rings (SSSR count). The summed E-state index contributed by atoms with van der Waals surface area (Å²) in [6.07, 6.45) is 5.35. The Labute approximate surface area is 86.0 Å². The van der Waals surface area contributed by atoms with Crippen LogP contribution in [0.25, 0.3) is 0 Å². The highest BCUT2D eigenvalue weighted by Crippen LogP contribution is 2.10. The molecular weight excluding hydrogens is 174 g/mol. The lowest BCUT2D eigenvalue weighted by atomic mass is 10.0. The Bertz CT molecular complexity index is 273. The second-order valence-corrected chi connectivity index (χ2v) is 3.77. The van der Waals surface area contributed by atoms with Gasteiger partial charge in [-0.05, 0) is 25.0 Å². The Balaban J connectivity index is 2.47. The molecule has 0 aliphatic heterocycles. The maximum atomic E-state index is 9.72. The molecule has 0 aliphatic rings. The fraction of sp³-hybridized carbons (Fsp3) is 0.583. The van der Waals surface area contributed by atoms with Gasteiger partial charge in [0.25, 0.3) is 0 Å². The van der Waals surface area contributed by atoms with Crippen molar-refractivity contribution in [3.8, 4) is 0 Å². The summed E-state index contributed by atoms with van der Waals surface area (Å²) in [5.74, 6) is 0. The van der Waals surface area contributed by atoms with E-state index in [0.29, 0.717) is 6.42 Å². The summed E-state index contributed by atoms with van der Waals surface area (Å²) in [5, 5.41) is 9.72. The molecule has 1 aromatic rings. The minimum absolute atomic E-state index is 0.233. The number of aliphatic hydroxyl groups excluding tert-OH is 1. The second-order valence-electron chi connectivity index (χ2n) is 3.77. The Morgan fingerprint density at radius 3 is 2.93 bits per heavy atom. The van der Waals surface area contributed by atoms with Crippen molar-refractivity contribution in [2.24, 2.45) is 0 Å². The molecule has 0 spiro atoms. The summed E-state index contributed by atoms with van der Waals surface area (Å²) >= 11 is 0. The number of pyridine rings is 1. The molecule has 1 aromatic heterocycles. The predicted octanol–water partition coefficient (Wildman–Crippen LogP) is 2.48. The lowest BCUT2D eigenvalue weighted by molar-refractivity contribution is 0.160. The molecular formula is C12H19NO. The number of nitrogens with zero attached hydrogens (tertiary/aromatic N) is 1. The van der Waals surface area contributed by atoms with E-state index in [0.717, 1.165) is 25.0 Å². The van der Waals surface area contributed by atoms with Crippen molar-refractivity contribution in [1.82, 2.24) is 4.98 Å². The van der Waals surface area contributed by atoms with E-state index >= 15 is 0 Å². The number of unbranched alkanes of at least 4 members (excludes halogenated alkanes) is 1. The van der Waals surface area contributed by atoms with E-state index in [-0.39, 0.29) is 6.10 Å². The highest BCUT2D eigenvalue weighted by molar-refractivity contribution is 5.18. The summed E-state index contributed by atoms with van der Waals surface area (Å²) in [6.45, 7) is 4.17. The molecule has 0 saturated heterocycles. The fourth-order valence-corrected chi connectivity index (χ4v) is 1.50. The van der Waals surface area contributed by atoms with Gasteiger partial charge in [-0.2, -0.15) is 0 Å². The maximum absolute atomic E-state index is 9.72. The molecule has 0 fully saturated rings. The first-order chi connectivity index (χ1) is 6.74. The number of hydrogen-bond acceptors (Lipinski definition) is 2. The van der Waals surface area contributed by atoms with Crippen molar-refractivity contribution in [1.29, 1.82) is 0 Å². The van der Waals surface area contributed by atoms with Crippen LogP contribution in [-0.2, 0) is 6.42 Å². The fourth-order valence-electron chi connectivity index (χ4n) is 1.50. The number of aliphatic hydroxyl groups is 1. The van der Waals surface area contributed by atoms with Crippen molar-refractivity contribution in [2.75, 3.05) is 0 Å². The zero-order valence-corrected chi connectivity index (χ0v) is 9.03. The minimum atomic E-state index is -0.233. The number of rotatable bonds is 5. The van der Waals surface area contributed by atoms with Crippen LogP contribution in [0.3, 0.4) is 0 Å².